The highest BCUT2D eigenvalue weighted by molar-refractivity contribution is 5.91. The van der Waals surface area contributed by atoms with Gasteiger partial charge in [-0.05, 0) is 38.8 Å². The number of amides is 1. The number of aromatic nitrogens is 2. The fraction of sp³-hybridized carbons (Fsp3) is 0.538. The van der Waals surface area contributed by atoms with Gasteiger partial charge in [0.25, 0.3) is 0 Å². The van der Waals surface area contributed by atoms with Crippen LogP contribution in [0.2, 0.25) is 0 Å². The van der Waals surface area contributed by atoms with Gasteiger partial charge in [-0.1, -0.05) is 0 Å². The summed E-state index contributed by atoms with van der Waals surface area (Å²) < 4.78 is 0. The molecule has 1 saturated heterocycles. The standard InChI is InChI=1S/C13H18N4O3/c1-13(11(19)20)5-2-3-8-17(13)9-10(18)16-12-14-6-4-7-15-12/h4,6-7H,2-3,5,8-9H2,1H3,(H,19,20)(H,14,15,16,18). The van der Waals surface area contributed by atoms with E-state index in [1.807, 2.05) is 0 Å². The van der Waals surface area contributed by atoms with Crippen molar-refractivity contribution >= 4 is 17.8 Å². The van der Waals surface area contributed by atoms with Crippen molar-refractivity contribution in [1.82, 2.24) is 14.9 Å². The number of carboxylic acid groups (broad SMARTS) is 1. The van der Waals surface area contributed by atoms with Crippen LogP contribution in [0, 0.1) is 0 Å². The van der Waals surface area contributed by atoms with E-state index in [1.165, 1.54) is 12.4 Å². The van der Waals surface area contributed by atoms with E-state index >= 15 is 0 Å². The molecule has 1 amide bonds. The zero-order valence-corrected chi connectivity index (χ0v) is 11.4. The third-order valence-corrected chi connectivity index (χ3v) is 3.65. The number of piperidine rings is 1. The van der Waals surface area contributed by atoms with Crippen molar-refractivity contribution in [3.63, 3.8) is 0 Å². The number of hydrogen-bond acceptors (Lipinski definition) is 5. The predicted molar refractivity (Wildman–Crippen MR) is 72.1 cm³/mol. The minimum atomic E-state index is -0.979. The van der Waals surface area contributed by atoms with Crippen molar-refractivity contribution in [1.29, 1.82) is 0 Å². The second-order valence-corrected chi connectivity index (χ2v) is 5.08. The highest BCUT2D eigenvalue weighted by atomic mass is 16.4. The average Bonchev–Trinajstić information content (AvgIpc) is 2.42. The summed E-state index contributed by atoms with van der Waals surface area (Å²) in [6.07, 6.45) is 5.38. The number of carbonyl (C=O) groups excluding carboxylic acids is 1. The Morgan fingerprint density at radius 2 is 2.10 bits per heavy atom. The maximum absolute atomic E-state index is 12.0. The van der Waals surface area contributed by atoms with Crippen molar-refractivity contribution in [2.45, 2.75) is 31.7 Å². The van der Waals surface area contributed by atoms with Gasteiger partial charge in [0.05, 0.1) is 6.54 Å². The van der Waals surface area contributed by atoms with Crippen molar-refractivity contribution in [3.8, 4) is 0 Å². The number of nitrogens with zero attached hydrogens (tertiary/aromatic N) is 3. The number of likely N-dealkylation sites (tertiary alicyclic amines) is 1. The van der Waals surface area contributed by atoms with Gasteiger partial charge in [0.1, 0.15) is 5.54 Å². The van der Waals surface area contributed by atoms with Gasteiger partial charge in [-0.15, -0.1) is 0 Å². The van der Waals surface area contributed by atoms with Crippen LogP contribution in [-0.4, -0.2) is 50.5 Å². The van der Waals surface area contributed by atoms with Crippen LogP contribution in [0.5, 0.6) is 0 Å². The smallest absolute Gasteiger partial charge is 0.323 e. The lowest BCUT2D eigenvalue weighted by molar-refractivity contribution is -0.153. The van der Waals surface area contributed by atoms with Crippen LogP contribution in [0.3, 0.4) is 0 Å². The molecule has 2 rings (SSSR count). The van der Waals surface area contributed by atoms with Gasteiger partial charge in [0.15, 0.2) is 0 Å². The summed E-state index contributed by atoms with van der Waals surface area (Å²) in [5, 5.41) is 11.9. The van der Waals surface area contributed by atoms with Crippen molar-refractivity contribution in [2.24, 2.45) is 0 Å². The minimum Gasteiger partial charge on any atom is -0.480 e. The Kier molecular flexibility index (Phi) is 4.29. The number of hydrogen-bond donors (Lipinski definition) is 2. The number of anilines is 1. The lowest BCUT2D eigenvalue weighted by atomic mass is 9.88. The SMILES string of the molecule is CC1(C(=O)O)CCCCN1CC(=O)Nc1ncccn1. The van der Waals surface area contributed by atoms with Crippen molar-refractivity contribution < 1.29 is 14.7 Å². The third-order valence-electron chi connectivity index (χ3n) is 3.65. The fourth-order valence-electron chi connectivity index (χ4n) is 2.37. The first-order valence-corrected chi connectivity index (χ1v) is 6.58. The second-order valence-electron chi connectivity index (χ2n) is 5.08. The largest absolute Gasteiger partial charge is 0.480 e. The molecular formula is C13H18N4O3. The Bertz CT molecular complexity index is 494. The Hall–Kier alpha value is -2.02. The first-order chi connectivity index (χ1) is 9.52. The molecule has 1 fully saturated rings. The van der Waals surface area contributed by atoms with Crippen LogP contribution < -0.4 is 5.32 Å². The number of carboxylic acids is 1. The van der Waals surface area contributed by atoms with Crippen molar-refractivity contribution in [3.05, 3.63) is 18.5 Å². The normalized spacial score (nSPS) is 23.2. The Morgan fingerprint density at radius 3 is 2.75 bits per heavy atom. The molecule has 0 aliphatic carbocycles. The lowest BCUT2D eigenvalue weighted by Crippen LogP contribution is -2.57. The van der Waals surface area contributed by atoms with Crippen LogP contribution in [0.25, 0.3) is 0 Å². The van der Waals surface area contributed by atoms with Crippen LogP contribution in [0.15, 0.2) is 18.5 Å². The summed E-state index contributed by atoms with van der Waals surface area (Å²) in [6, 6.07) is 1.65. The first kappa shape index (κ1) is 14.4. The molecule has 7 nitrogen and oxygen atoms in total. The molecular weight excluding hydrogens is 260 g/mol. The van der Waals surface area contributed by atoms with E-state index in [-0.39, 0.29) is 18.4 Å². The highest BCUT2D eigenvalue weighted by Gasteiger charge is 2.41. The van der Waals surface area contributed by atoms with Gasteiger partial charge in [0, 0.05) is 12.4 Å². The fourth-order valence-corrected chi connectivity index (χ4v) is 2.37. The molecule has 0 radical (unpaired) electrons. The summed E-state index contributed by atoms with van der Waals surface area (Å²) >= 11 is 0. The van der Waals surface area contributed by atoms with Crippen LogP contribution >= 0.6 is 0 Å². The molecule has 1 aromatic heterocycles. The summed E-state index contributed by atoms with van der Waals surface area (Å²) in [6.45, 7) is 2.30. The number of carbonyl (C=O) groups is 2. The van der Waals surface area contributed by atoms with Gasteiger partial charge < -0.3 is 5.11 Å². The zero-order chi connectivity index (χ0) is 14.6. The highest BCUT2D eigenvalue weighted by Crippen LogP contribution is 2.27. The molecule has 0 spiro atoms. The molecule has 1 atom stereocenters. The molecule has 2 heterocycles. The average molecular weight is 278 g/mol. The van der Waals surface area contributed by atoms with E-state index in [0.717, 1.165) is 12.8 Å². The molecule has 1 aliphatic rings. The van der Waals surface area contributed by atoms with Crippen molar-refractivity contribution in [2.75, 3.05) is 18.4 Å². The maximum Gasteiger partial charge on any atom is 0.323 e. The molecule has 1 aliphatic heterocycles. The summed E-state index contributed by atoms with van der Waals surface area (Å²) in [5.74, 6) is -0.960. The molecule has 7 heteroatoms. The summed E-state index contributed by atoms with van der Waals surface area (Å²) in [7, 11) is 0. The van der Waals surface area contributed by atoms with Crippen LogP contribution in [0.4, 0.5) is 5.95 Å². The van der Waals surface area contributed by atoms with Crippen LogP contribution in [0.1, 0.15) is 26.2 Å². The van der Waals surface area contributed by atoms with E-state index in [9.17, 15) is 14.7 Å². The molecule has 1 aromatic rings. The molecule has 0 saturated carbocycles. The molecule has 20 heavy (non-hydrogen) atoms. The van der Waals surface area contributed by atoms with E-state index in [4.69, 9.17) is 0 Å². The topological polar surface area (TPSA) is 95.4 Å². The Morgan fingerprint density at radius 1 is 1.40 bits per heavy atom. The molecule has 1 unspecified atom stereocenters. The Labute approximate surface area is 117 Å². The van der Waals surface area contributed by atoms with E-state index in [0.29, 0.717) is 13.0 Å². The molecule has 0 aromatic carbocycles. The lowest BCUT2D eigenvalue weighted by Gasteiger charge is -2.41. The van der Waals surface area contributed by atoms with Gasteiger partial charge in [-0.25, -0.2) is 9.97 Å². The minimum absolute atomic E-state index is 0.0288. The molecule has 2 N–H and O–H groups in total. The third kappa shape index (κ3) is 3.11. The number of aliphatic carboxylic acids is 1. The van der Waals surface area contributed by atoms with Gasteiger partial charge >= 0.3 is 5.97 Å². The van der Waals surface area contributed by atoms with Gasteiger partial charge in [0.2, 0.25) is 11.9 Å². The first-order valence-electron chi connectivity index (χ1n) is 6.58. The zero-order valence-electron chi connectivity index (χ0n) is 11.4. The second kappa shape index (κ2) is 5.96. The monoisotopic (exact) mass is 278 g/mol. The molecule has 108 valence electrons. The molecule has 0 bridgehead atoms. The number of rotatable bonds is 4. The van der Waals surface area contributed by atoms with E-state index < -0.39 is 11.5 Å². The quantitative estimate of drug-likeness (QED) is 0.843. The maximum atomic E-state index is 12.0. The predicted octanol–water partition coefficient (Wildman–Crippen LogP) is 0.744. The summed E-state index contributed by atoms with van der Waals surface area (Å²) in [4.78, 5) is 32.9. The van der Waals surface area contributed by atoms with E-state index in [1.54, 1.807) is 17.9 Å². The van der Waals surface area contributed by atoms with E-state index in [2.05, 4.69) is 15.3 Å². The van der Waals surface area contributed by atoms with Crippen LogP contribution in [-0.2, 0) is 9.59 Å². The van der Waals surface area contributed by atoms with Gasteiger partial charge in [-0.3, -0.25) is 19.8 Å². The Balaban J connectivity index is 2.00. The number of nitrogens with one attached hydrogen (secondary N) is 1. The van der Waals surface area contributed by atoms with Gasteiger partial charge in [-0.2, -0.15) is 0 Å². The summed E-state index contributed by atoms with van der Waals surface area (Å²) in [5.41, 5.74) is -0.979.